The van der Waals surface area contributed by atoms with E-state index >= 15 is 0 Å². The number of amides is 1. The lowest BCUT2D eigenvalue weighted by atomic mass is 10.1. The van der Waals surface area contributed by atoms with Gasteiger partial charge in [-0.3, -0.25) is 9.69 Å². The van der Waals surface area contributed by atoms with Crippen LogP contribution < -0.4 is 4.74 Å². The van der Waals surface area contributed by atoms with Gasteiger partial charge < -0.3 is 9.64 Å². The number of nitrogens with zero attached hydrogens (tertiary/aromatic N) is 2. The predicted octanol–water partition coefficient (Wildman–Crippen LogP) is 6.98. The molecule has 0 bridgehead atoms. The molecule has 178 valence electrons. The van der Waals surface area contributed by atoms with Gasteiger partial charge in [-0.2, -0.15) is 0 Å². The van der Waals surface area contributed by atoms with Crippen molar-refractivity contribution >= 4 is 52.3 Å². The Morgan fingerprint density at radius 3 is 2.26 bits per heavy atom. The second-order valence-corrected chi connectivity index (χ2v) is 9.65. The third kappa shape index (κ3) is 6.15. The number of halogens is 5. The molecule has 0 aliphatic carbocycles. The SMILES string of the molecule is O=C(c1cccc(COc2c(Cl)cc(Cl)cc2Cl)c1)N1CCN(Cc2ccc(F)cc2Cl)CC1. The summed E-state index contributed by atoms with van der Waals surface area (Å²) in [4.78, 5) is 17.1. The number of hydrogen-bond donors (Lipinski definition) is 0. The zero-order valence-corrected chi connectivity index (χ0v) is 21.1. The maximum absolute atomic E-state index is 13.3. The van der Waals surface area contributed by atoms with Crippen LogP contribution in [-0.2, 0) is 13.2 Å². The molecule has 1 aliphatic rings. The third-order valence-electron chi connectivity index (χ3n) is 5.59. The van der Waals surface area contributed by atoms with E-state index in [2.05, 4.69) is 4.90 Å². The lowest BCUT2D eigenvalue weighted by Crippen LogP contribution is -2.48. The molecule has 0 unspecified atom stereocenters. The molecule has 3 aromatic rings. The van der Waals surface area contributed by atoms with Crippen LogP contribution in [0.15, 0.2) is 54.6 Å². The second kappa shape index (κ2) is 11.1. The largest absolute Gasteiger partial charge is 0.486 e. The van der Waals surface area contributed by atoms with Crippen molar-refractivity contribution in [1.29, 1.82) is 0 Å². The first-order valence-electron chi connectivity index (χ1n) is 10.6. The van der Waals surface area contributed by atoms with Gasteiger partial charge in [0.15, 0.2) is 5.75 Å². The van der Waals surface area contributed by atoms with Crippen molar-refractivity contribution in [1.82, 2.24) is 9.80 Å². The number of rotatable bonds is 6. The highest BCUT2D eigenvalue weighted by Gasteiger charge is 2.23. The maximum atomic E-state index is 13.3. The predicted molar refractivity (Wildman–Crippen MR) is 135 cm³/mol. The molecular formula is C25H21Cl4FN2O2. The van der Waals surface area contributed by atoms with Crippen LogP contribution in [-0.4, -0.2) is 41.9 Å². The van der Waals surface area contributed by atoms with Gasteiger partial charge in [-0.25, -0.2) is 4.39 Å². The highest BCUT2D eigenvalue weighted by atomic mass is 35.5. The van der Waals surface area contributed by atoms with E-state index in [0.29, 0.717) is 64.1 Å². The number of benzene rings is 3. The summed E-state index contributed by atoms with van der Waals surface area (Å²) in [7, 11) is 0. The molecule has 1 saturated heterocycles. The van der Waals surface area contributed by atoms with Crippen LogP contribution in [0.5, 0.6) is 5.75 Å². The van der Waals surface area contributed by atoms with Crippen LogP contribution in [0.1, 0.15) is 21.5 Å². The van der Waals surface area contributed by atoms with Crippen molar-refractivity contribution in [2.24, 2.45) is 0 Å². The van der Waals surface area contributed by atoms with Gasteiger partial charge in [0, 0.05) is 48.3 Å². The average Bonchev–Trinajstić information content (AvgIpc) is 2.80. The van der Waals surface area contributed by atoms with Crippen molar-refractivity contribution in [3.8, 4) is 5.75 Å². The van der Waals surface area contributed by atoms with Crippen LogP contribution in [0.25, 0.3) is 0 Å². The summed E-state index contributed by atoms with van der Waals surface area (Å²) in [6.45, 7) is 3.41. The molecule has 0 aromatic heterocycles. The van der Waals surface area contributed by atoms with E-state index in [4.69, 9.17) is 51.1 Å². The number of hydrogen-bond acceptors (Lipinski definition) is 3. The highest BCUT2D eigenvalue weighted by molar-refractivity contribution is 6.40. The van der Waals surface area contributed by atoms with Gasteiger partial charge in [0.2, 0.25) is 0 Å². The molecule has 1 amide bonds. The van der Waals surface area contributed by atoms with E-state index in [1.54, 1.807) is 24.3 Å². The summed E-state index contributed by atoms with van der Waals surface area (Å²) in [5.41, 5.74) is 2.28. The van der Waals surface area contributed by atoms with E-state index in [9.17, 15) is 9.18 Å². The fourth-order valence-corrected chi connectivity index (χ4v) is 4.95. The van der Waals surface area contributed by atoms with Crippen molar-refractivity contribution in [3.05, 3.63) is 97.2 Å². The molecule has 0 atom stereocenters. The molecule has 0 spiro atoms. The van der Waals surface area contributed by atoms with E-state index in [-0.39, 0.29) is 18.3 Å². The molecule has 1 heterocycles. The summed E-state index contributed by atoms with van der Waals surface area (Å²) in [5, 5.41) is 1.49. The van der Waals surface area contributed by atoms with Crippen LogP contribution >= 0.6 is 46.4 Å². The average molecular weight is 542 g/mol. The van der Waals surface area contributed by atoms with E-state index < -0.39 is 0 Å². The molecule has 3 aromatic carbocycles. The molecule has 0 N–H and O–H groups in total. The summed E-state index contributed by atoms with van der Waals surface area (Å²) in [6.07, 6.45) is 0. The molecule has 0 radical (unpaired) electrons. The molecule has 1 aliphatic heterocycles. The summed E-state index contributed by atoms with van der Waals surface area (Å²) in [5.74, 6) is -0.0399. The van der Waals surface area contributed by atoms with E-state index in [1.807, 2.05) is 23.1 Å². The summed E-state index contributed by atoms with van der Waals surface area (Å²) >= 11 is 24.5. The van der Waals surface area contributed by atoms with Gasteiger partial charge in [0.25, 0.3) is 5.91 Å². The van der Waals surface area contributed by atoms with Gasteiger partial charge in [0.05, 0.1) is 10.0 Å². The monoisotopic (exact) mass is 540 g/mol. The number of piperazine rings is 1. The zero-order valence-electron chi connectivity index (χ0n) is 18.0. The Labute approximate surface area is 217 Å². The molecule has 0 saturated carbocycles. The third-order valence-corrected chi connectivity index (χ3v) is 6.72. The first kappa shape index (κ1) is 25.1. The lowest BCUT2D eigenvalue weighted by molar-refractivity contribution is 0.0628. The Morgan fingerprint density at radius 1 is 0.882 bits per heavy atom. The van der Waals surface area contributed by atoms with Crippen molar-refractivity contribution in [2.45, 2.75) is 13.2 Å². The Bertz CT molecular complexity index is 1180. The van der Waals surface area contributed by atoms with Gasteiger partial charge in [-0.15, -0.1) is 0 Å². The second-order valence-electron chi connectivity index (χ2n) is 7.99. The zero-order chi connectivity index (χ0) is 24.2. The van der Waals surface area contributed by atoms with Crippen molar-refractivity contribution in [3.63, 3.8) is 0 Å². The number of carbonyl (C=O) groups excluding carboxylic acids is 1. The van der Waals surface area contributed by atoms with E-state index in [0.717, 1.165) is 11.1 Å². The maximum Gasteiger partial charge on any atom is 0.253 e. The Kier molecular flexibility index (Phi) is 8.22. The standard InChI is InChI=1S/C25H21Cl4FN2O2/c26-19-11-22(28)24(23(29)12-19)34-15-16-2-1-3-17(10-16)25(33)32-8-6-31(7-9-32)14-18-4-5-20(30)13-21(18)27/h1-5,10-13H,6-9,14-15H2. The fraction of sp³-hybridized carbons (Fsp3) is 0.240. The van der Waals surface area contributed by atoms with Gasteiger partial charge in [-0.05, 0) is 47.5 Å². The first-order chi connectivity index (χ1) is 16.3. The van der Waals surface area contributed by atoms with Gasteiger partial charge in [-0.1, -0.05) is 64.6 Å². The summed E-state index contributed by atoms with van der Waals surface area (Å²) < 4.78 is 19.1. The minimum absolute atomic E-state index is 0.0381. The Morgan fingerprint density at radius 2 is 1.59 bits per heavy atom. The quantitative estimate of drug-likeness (QED) is 0.337. The number of carbonyl (C=O) groups is 1. The Balaban J connectivity index is 1.34. The summed E-state index contributed by atoms with van der Waals surface area (Å²) in [6, 6.07) is 14.9. The minimum atomic E-state index is -0.351. The van der Waals surface area contributed by atoms with Gasteiger partial charge in [0.1, 0.15) is 12.4 Å². The van der Waals surface area contributed by atoms with Crippen LogP contribution in [0.2, 0.25) is 20.1 Å². The molecule has 4 rings (SSSR count). The van der Waals surface area contributed by atoms with Crippen LogP contribution in [0.3, 0.4) is 0 Å². The molecule has 4 nitrogen and oxygen atoms in total. The Hall–Kier alpha value is -2.02. The van der Waals surface area contributed by atoms with Crippen LogP contribution in [0, 0.1) is 5.82 Å². The first-order valence-corrected chi connectivity index (χ1v) is 12.1. The van der Waals surface area contributed by atoms with Gasteiger partial charge >= 0.3 is 0 Å². The van der Waals surface area contributed by atoms with Crippen molar-refractivity contribution in [2.75, 3.05) is 26.2 Å². The lowest BCUT2D eigenvalue weighted by Gasteiger charge is -2.35. The van der Waals surface area contributed by atoms with E-state index in [1.165, 1.54) is 12.1 Å². The topological polar surface area (TPSA) is 32.8 Å². The molecule has 34 heavy (non-hydrogen) atoms. The molecule has 9 heteroatoms. The highest BCUT2D eigenvalue weighted by Crippen LogP contribution is 2.36. The number of ether oxygens (including phenoxy) is 1. The fourth-order valence-electron chi connectivity index (χ4n) is 3.80. The van der Waals surface area contributed by atoms with Crippen LogP contribution in [0.4, 0.5) is 4.39 Å². The molecule has 1 fully saturated rings. The normalized spacial score (nSPS) is 14.3. The smallest absolute Gasteiger partial charge is 0.253 e. The van der Waals surface area contributed by atoms with Crippen molar-refractivity contribution < 1.29 is 13.9 Å². The minimum Gasteiger partial charge on any atom is -0.486 e. The molecular weight excluding hydrogens is 521 g/mol.